The second-order valence-corrected chi connectivity index (χ2v) is 3.59. The van der Waals surface area contributed by atoms with Gasteiger partial charge in [-0.2, -0.15) is 0 Å². The summed E-state index contributed by atoms with van der Waals surface area (Å²) in [6.07, 6.45) is 2.32. The molecule has 0 aliphatic carbocycles. The number of hydrogen-bond acceptors (Lipinski definition) is 3. The number of carbonyl (C=O) groups is 1. The first-order valence-corrected chi connectivity index (χ1v) is 4.91. The maximum Gasteiger partial charge on any atom is 0.245 e. The second-order valence-electron chi connectivity index (χ2n) is 3.59. The molecule has 1 fully saturated rings. The van der Waals surface area contributed by atoms with Gasteiger partial charge in [0.15, 0.2) is 0 Å². The van der Waals surface area contributed by atoms with E-state index in [0.29, 0.717) is 32.7 Å². The molecule has 1 saturated heterocycles. The van der Waals surface area contributed by atoms with E-state index in [1.54, 1.807) is 11.0 Å². The van der Waals surface area contributed by atoms with Gasteiger partial charge >= 0.3 is 0 Å². The van der Waals surface area contributed by atoms with Crippen molar-refractivity contribution in [3.63, 3.8) is 0 Å². The molecule has 1 atom stereocenters. The fraction of sp³-hybridized carbons (Fsp3) is 0.700. The first-order valence-electron chi connectivity index (χ1n) is 4.91. The molecular formula is C10H18N2O2. The Morgan fingerprint density at radius 3 is 2.93 bits per heavy atom. The number of likely N-dealkylation sites (N-methyl/N-ethyl adjacent to an activating group) is 1. The smallest absolute Gasteiger partial charge is 0.245 e. The van der Waals surface area contributed by atoms with Crippen molar-refractivity contribution in [2.24, 2.45) is 5.73 Å². The highest BCUT2D eigenvalue weighted by atomic mass is 16.5. The van der Waals surface area contributed by atoms with Gasteiger partial charge in [-0.3, -0.25) is 4.79 Å². The summed E-state index contributed by atoms with van der Waals surface area (Å²) in [5.41, 5.74) is 5.15. The maximum absolute atomic E-state index is 12.0. The third-order valence-electron chi connectivity index (χ3n) is 2.50. The van der Waals surface area contributed by atoms with Crippen LogP contribution in [0.3, 0.4) is 0 Å². The molecule has 80 valence electrons. The van der Waals surface area contributed by atoms with Crippen LogP contribution in [0.2, 0.25) is 0 Å². The molecule has 1 rings (SSSR count). The topological polar surface area (TPSA) is 55.6 Å². The van der Waals surface area contributed by atoms with Crippen LogP contribution < -0.4 is 5.73 Å². The van der Waals surface area contributed by atoms with Gasteiger partial charge in [-0.25, -0.2) is 0 Å². The largest absolute Gasteiger partial charge is 0.379 e. The van der Waals surface area contributed by atoms with Crippen LogP contribution in [-0.2, 0) is 9.53 Å². The summed E-state index contributed by atoms with van der Waals surface area (Å²) in [6, 6.07) is 0. The number of carbonyl (C=O) groups excluding carboxylic acids is 1. The van der Waals surface area contributed by atoms with Crippen LogP contribution >= 0.6 is 0 Å². The Kier molecular flexibility index (Phi) is 3.66. The van der Waals surface area contributed by atoms with E-state index in [-0.39, 0.29) is 5.91 Å². The molecule has 0 radical (unpaired) electrons. The molecule has 1 aliphatic rings. The molecular weight excluding hydrogens is 180 g/mol. The minimum atomic E-state index is -0.807. The normalized spacial score (nSPS) is 26.1. The molecule has 1 amide bonds. The van der Waals surface area contributed by atoms with E-state index in [9.17, 15) is 4.79 Å². The van der Waals surface area contributed by atoms with Crippen molar-refractivity contribution in [1.29, 1.82) is 0 Å². The molecule has 2 N–H and O–H groups in total. The fourth-order valence-corrected chi connectivity index (χ4v) is 1.58. The van der Waals surface area contributed by atoms with Crippen molar-refractivity contribution < 1.29 is 9.53 Å². The molecule has 0 aromatic heterocycles. The van der Waals surface area contributed by atoms with E-state index in [0.717, 1.165) is 0 Å². The second kappa shape index (κ2) is 4.57. The summed E-state index contributed by atoms with van der Waals surface area (Å²) < 4.78 is 5.16. The Morgan fingerprint density at radius 1 is 1.79 bits per heavy atom. The van der Waals surface area contributed by atoms with Crippen LogP contribution in [-0.4, -0.2) is 42.6 Å². The Morgan fingerprint density at radius 2 is 2.50 bits per heavy atom. The van der Waals surface area contributed by atoms with E-state index in [2.05, 4.69) is 6.58 Å². The Bertz CT molecular complexity index is 222. The fourth-order valence-electron chi connectivity index (χ4n) is 1.58. The minimum absolute atomic E-state index is 0.0302. The number of amides is 1. The van der Waals surface area contributed by atoms with Gasteiger partial charge in [-0.15, -0.1) is 6.58 Å². The molecule has 0 aromatic rings. The molecule has 0 bridgehead atoms. The van der Waals surface area contributed by atoms with Gasteiger partial charge in [0.25, 0.3) is 0 Å². The average molecular weight is 198 g/mol. The van der Waals surface area contributed by atoms with Crippen LogP contribution in [0, 0.1) is 0 Å². The number of nitrogens with two attached hydrogens (primary N) is 1. The summed E-state index contributed by atoms with van der Waals surface area (Å²) in [5, 5.41) is 0. The van der Waals surface area contributed by atoms with E-state index in [1.165, 1.54) is 0 Å². The zero-order chi connectivity index (χ0) is 10.6. The summed E-state index contributed by atoms with van der Waals surface area (Å²) in [5.74, 6) is -0.0302. The Labute approximate surface area is 84.7 Å². The van der Waals surface area contributed by atoms with Crippen LogP contribution in [0.15, 0.2) is 12.7 Å². The zero-order valence-electron chi connectivity index (χ0n) is 8.66. The Hall–Kier alpha value is -0.870. The van der Waals surface area contributed by atoms with Gasteiger partial charge in [0.05, 0.1) is 6.61 Å². The summed E-state index contributed by atoms with van der Waals surface area (Å²) >= 11 is 0. The lowest BCUT2D eigenvalue weighted by Gasteiger charge is -2.28. The third-order valence-corrected chi connectivity index (χ3v) is 2.50. The van der Waals surface area contributed by atoms with Crippen LogP contribution in [0.5, 0.6) is 0 Å². The van der Waals surface area contributed by atoms with Crippen molar-refractivity contribution >= 4 is 5.91 Å². The van der Waals surface area contributed by atoms with Crippen molar-refractivity contribution in [3.05, 3.63) is 12.7 Å². The lowest BCUT2D eigenvalue weighted by molar-refractivity contribution is -0.136. The number of nitrogens with zero attached hydrogens (tertiary/aromatic N) is 1. The molecule has 1 unspecified atom stereocenters. The standard InChI is InChI=1S/C10H18N2O2/c1-3-6-12(4-2)9(13)10(11)5-7-14-8-10/h3H,1,4-8,11H2,2H3. The molecule has 4 heteroatoms. The van der Waals surface area contributed by atoms with Crippen LogP contribution in [0.25, 0.3) is 0 Å². The van der Waals surface area contributed by atoms with Crippen LogP contribution in [0.4, 0.5) is 0 Å². The number of rotatable bonds is 4. The van der Waals surface area contributed by atoms with Crippen molar-refractivity contribution in [1.82, 2.24) is 4.90 Å². The van der Waals surface area contributed by atoms with E-state index >= 15 is 0 Å². The van der Waals surface area contributed by atoms with E-state index < -0.39 is 5.54 Å². The maximum atomic E-state index is 12.0. The summed E-state index contributed by atoms with van der Waals surface area (Å²) in [6.45, 7) is 7.66. The minimum Gasteiger partial charge on any atom is -0.379 e. The zero-order valence-corrected chi connectivity index (χ0v) is 8.66. The molecule has 1 heterocycles. The lowest BCUT2D eigenvalue weighted by atomic mass is 9.98. The molecule has 1 aliphatic heterocycles. The van der Waals surface area contributed by atoms with Gasteiger partial charge in [-0.05, 0) is 13.3 Å². The number of hydrogen-bond donors (Lipinski definition) is 1. The molecule has 14 heavy (non-hydrogen) atoms. The summed E-state index contributed by atoms with van der Waals surface area (Å²) in [7, 11) is 0. The van der Waals surface area contributed by atoms with Crippen LogP contribution in [0.1, 0.15) is 13.3 Å². The van der Waals surface area contributed by atoms with Crippen molar-refractivity contribution in [3.8, 4) is 0 Å². The van der Waals surface area contributed by atoms with E-state index in [1.807, 2.05) is 6.92 Å². The predicted molar refractivity (Wildman–Crippen MR) is 54.8 cm³/mol. The molecule has 4 nitrogen and oxygen atoms in total. The van der Waals surface area contributed by atoms with Crippen molar-refractivity contribution in [2.45, 2.75) is 18.9 Å². The van der Waals surface area contributed by atoms with Gasteiger partial charge in [-0.1, -0.05) is 6.08 Å². The molecule has 0 spiro atoms. The number of ether oxygens (including phenoxy) is 1. The van der Waals surface area contributed by atoms with Gasteiger partial charge < -0.3 is 15.4 Å². The third kappa shape index (κ3) is 2.13. The monoisotopic (exact) mass is 198 g/mol. The highest BCUT2D eigenvalue weighted by molar-refractivity contribution is 5.86. The predicted octanol–water partition coefficient (Wildman–Crippen LogP) is 0.139. The van der Waals surface area contributed by atoms with Gasteiger partial charge in [0.1, 0.15) is 5.54 Å². The lowest BCUT2D eigenvalue weighted by Crippen LogP contribution is -2.55. The molecule has 0 aromatic carbocycles. The van der Waals surface area contributed by atoms with Gasteiger partial charge in [0.2, 0.25) is 5.91 Å². The first kappa shape index (κ1) is 11.2. The molecule has 0 saturated carbocycles. The highest BCUT2D eigenvalue weighted by Crippen LogP contribution is 2.18. The first-order chi connectivity index (χ1) is 6.64. The van der Waals surface area contributed by atoms with E-state index in [4.69, 9.17) is 10.5 Å². The quantitative estimate of drug-likeness (QED) is 0.654. The Balaban J connectivity index is 2.65. The SMILES string of the molecule is C=CCN(CC)C(=O)C1(N)CCOC1. The summed E-state index contributed by atoms with van der Waals surface area (Å²) in [4.78, 5) is 13.7. The average Bonchev–Trinajstić information content (AvgIpc) is 2.62. The van der Waals surface area contributed by atoms with Crippen molar-refractivity contribution in [2.75, 3.05) is 26.3 Å². The van der Waals surface area contributed by atoms with Gasteiger partial charge in [0, 0.05) is 19.7 Å². The highest BCUT2D eigenvalue weighted by Gasteiger charge is 2.40.